The summed E-state index contributed by atoms with van der Waals surface area (Å²) in [5, 5.41) is 42.8. The molecular formula is C39H59N11O11S. The number of aromatic amines is 1. The number of para-hydroxylation sites is 1. The van der Waals surface area contributed by atoms with Crippen LogP contribution in [0.3, 0.4) is 0 Å². The van der Waals surface area contributed by atoms with Crippen LogP contribution in [0, 0.1) is 5.92 Å². The lowest BCUT2D eigenvalue weighted by Crippen LogP contribution is -2.62. The molecule has 3 rings (SSSR count). The topological polar surface area (TPSA) is 367 Å². The number of aliphatic imine (C=N–C) groups is 1. The number of carboxylic acid groups (broad SMARTS) is 2. The molecule has 9 atom stereocenters. The van der Waals surface area contributed by atoms with Crippen molar-refractivity contribution in [3.05, 3.63) is 36.0 Å². The first-order valence-electron chi connectivity index (χ1n) is 20.2. The van der Waals surface area contributed by atoms with E-state index in [-0.39, 0.29) is 56.4 Å². The molecule has 0 saturated carbocycles. The molecule has 1 saturated heterocycles. The van der Waals surface area contributed by atoms with Crippen LogP contribution in [0.1, 0.15) is 64.9 Å². The molecule has 342 valence electrons. The smallest absolute Gasteiger partial charge is 0.327 e. The van der Waals surface area contributed by atoms with E-state index in [1.54, 1.807) is 37.4 Å². The van der Waals surface area contributed by atoms with Crippen LogP contribution in [0.4, 0.5) is 0 Å². The van der Waals surface area contributed by atoms with Crippen molar-refractivity contribution in [3.8, 4) is 0 Å². The first kappa shape index (κ1) is 50.4. The number of carboxylic acids is 2. The Kier molecular flexibility index (Phi) is 19.4. The van der Waals surface area contributed by atoms with Crippen molar-refractivity contribution in [1.82, 2.24) is 36.5 Å². The van der Waals surface area contributed by atoms with Crippen molar-refractivity contribution in [3.63, 3.8) is 0 Å². The molecule has 1 aliphatic heterocycles. The molecule has 62 heavy (non-hydrogen) atoms. The lowest BCUT2D eigenvalue weighted by Gasteiger charge is -2.31. The van der Waals surface area contributed by atoms with E-state index in [9.17, 15) is 53.7 Å². The van der Waals surface area contributed by atoms with E-state index in [2.05, 4.69) is 49.2 Å². The molecule has 1 aromatic carbocycles. The quantitative estimate of drug-likeness (QED) is 0.0223. The molecule has 0 bridgehead atoms. The number of aromatic nitrogens is 1. The van der Waals surface area contributed by atoms with Gasteiger partial charge in [0.1, 0.15) is 36.3 Å². The molecule has 2 heterocycles. The zero-order valence-corrected chi connectivity index (χ0v) is 35.7. The minimum absolute atomic E-state index is 0.0106. The number of hydrogen-bond donors (Lipinski definition) is 13. The van der Waals surface area contributed by atoms with Gasteiger partial charge in [0.15, 0.2) is 5.96 Å². The Morgan fingerprint density at radius 2 is 1.53 bits per heavy atom. The second-order valence-corrected chi connectivity index (χ2v) is 15.6. The van der Waals surface area contributed by atoms with Gasteiger partial charge in [0.2, 0.25) is 35.4 Å². The molecule has 15 N–H and O–H groups in total. The molecule has 6 amide bonds. The number of H-pyrrole nitrogens is 1. The van der Waals surface area contributed by atoms with E-state index < -0.39 is 102 Å². The maximum atomic E-state index is 14.2. The normalized spacial score (nSPS) is 17.5. The lowest BCUT2D eigenvalue weighted by atomic mass is 9.98. The summed E-state index contributed by atoms with van der Waals surface area (Å²) in [4.78, 5) is 114. The van der Waals surface area contributed by atoms with Crippen LogP contribution < -0.4 is 43.8 Å². The van der Waals surface area contributed by atoms with Gasteiger partial charge in [-0.1, -0.05) is 38.5 Å². The second kappa shape index (κ2) is 23.9. The number of amides is 6. The fourth-order valence-electron chi connectivity index (χ4n) is 6.79. The molecule has 1 aliphatic rings. The number of carbonyl (C=O) groups excluding carboxylic acids is 6. The summed E-state index contributed by atoms with van der Waals surface area (Å²) < 4.78 is 0. The molecule has 2 aromatic rings. The van der Waals surface area contributed by atoms with Gasteiger partial charge < -0.3 is 69.0 Å². The van der Waals surface area contributed by atoms with Crippen molar-refractivity contribution >= 4 is 76.9 Å². The van der Waals surface area contributed by atoms with Gasteiger partial charge in [-0.15, -0.1) is 0 Å². The van der Waals surface area contributed by atoms with Crippen LogP contribution in [-0.4, -0.2) is 146 Å². The fourth-order valence-corrected chi connectivity index (χ4v) is 7.04. The molecule has 0 radical (unpaired) electrons. The number of nitrogens with zero attached hydrogens (tertiary/aromatic N) is 2. The number of aliphatic hydroxyl groups is 1. The first-order chi connectivity index (χ1) is 29.3. The van der Waals surface area contributed by atoms with Crippen LogP contribution in [0.2, 0.25) is 0 Å². The summed E-state index contributed by atoms with van der Waals surface area (Å²) in [6, 6.07) is -2.72. The number of aliphatic carboxylic acids is 2. The van der Waals surface area contributed by atoms with Gasteiger partial charge >= 0.3 is 11.9 Å². The van der Waals surface area contributed by atoms with Gasteiger partial charge in [0.05, 0.1) is 18.6 Å². The highest BCUT2D eigenvalue weighted by atomic mass is 32.1. The largest absolute Gasteiger partial charge is 0.481 e. The fraction of sp³-hybridized carbons (Fsp3) is 0.564. The van der Waals surface area contributed by atoms with E-state index >= 15 is 0 Å². The Hall–Kier alpha value is -5.94. The average Bonchev–Trinajstić information content (AvgIpc) is 3.89. The highest BCUT2D eigenvalue weighted by Gasteiger charge is 2.41. The third-order valence-electron chi connectivity index (χ3n) is 10.6. The van der Waals surface area contributed by atoms with Crippen molar-refractivity contribution in [2.75, 3.05) is 18.8 Å². The Balaban J connectivity index is 1.92. The monoisotopic (exact) mass is 889 g/mol. The van der Waals surface area contributed by atoms with E-state index in [4.69, 9.17) is 17.2 Å². The number of nitrogens with one attached hydrogen (secondary N) is 6. The SMILES string of the molecule is CC[C@H](C)[C@H](N)C(=O)N[C@@H](CCCN=C(N)N)C(=O)N[C@@H](Cc1c[nH]c2ccccc12)C(=O)N[C@@H](CC(=O)O)C(=O)N[C@H](C(=O)N1CCC[C@H]1C(=O)N[C@@H](CS)C(=O)O)[C@@H](C)O. The van der Waals surface area contributed by atoms with Gasteiger partial charge in [0.25, 0.3) is 0 Å². The van der Waals surface area contributed by atoms with Crippen LogP contribution in [0.25, 0.3) is 10.9 Å². The first-order valence-corrected chi connectivity index (χ1v) is 20.8. The van der Waals surface area contributed by atoms with Gasteiger partial charge in [-0.05, 0) is 50.2 Å². The molecule has 23 heteroatoms. The molecule has 22 nitrogen and oxygen atoms in total. The predicted octanol–water partition coefficient (Wildman–Crippen LogP) is -2.58. The predicted molar refractivity (Wildman–Crippen MR) is 229 cm³/mol. The Morgan fingerprint density at radius 1 is 0.903 bits per heavy atom. The number of guanidine groups is 1. The van der Waals surface area contributed by atoms with E-state index in [1.165, 1.54) is 6.92 Å². The minimum atomic E-state index is -1.87. The summed E-state index contributed by atoms with van der Waals surface area (Å²) in [5.41, 5.74) is 18.3. The second-order valence-electron chi connectivity index (χ2n) is 15.2. The highest BCUT2D eigenvalue weighted by molar-refractivity contribution is 7.80. The van der Waals surface area contributed by atoms with Gasteiger partial charge in [-0.3, -0.25) is 38.6 Å². The number of nitrogens with two attached hydrogens (primary N) is 3. The molecule has 0 spiro atoms. The lowest BCUT2D eigenvalue weighted by molar-refractivity contribution is -0.146. The highest BCUT2D eigenvalue weighted by Crippen LogP contribution is 2.21. The Labute approximate surface area is 363 Å². The number of carbonyl (C=O) groups is 8. The summed E-state index contributed by atoms with van der Waals surface area (Å²) >= 11 is 3.94. The van der Waals surface area contributed by atoms with Crippen molar-refractivity contribution in [2.45, 2.75) is 114 Å². The van der Waals surface area contributed by atoms with Crippen LogP contribution in [0.15, 0.2) is 35.5 Å². The third-order valence-corrected chi connectivity index (χ3v) is 10.9. The van der Waals surface area contributed by atoms with Crippen molar-refractivity contribution in [2.24, 2.45) is 28.1 Å². The van der Waals surface area contributed by atoms with E-state index in [1.807, 2.05) is 6.92 Å². The van der Waals surface area contributed by atoms with Crippen molar-refractivity contribution < 1.29 is 53.7 Å². The number of aliphatic hydroxyl groups excluding tert-OH is 1. The van der Waals surface area contributed by atoms with E-state index in [0.717, 1.165) is 4.90 Å². The van der Waals surface area contributed by atoms with Crippen molar-refractivity contribution in [1.29, 1.82) is 0 Å². The Morgan fingerprint density at radius 3 is 2.15 bits per heavy atom. The number of thiol groups is 1. The van der Waals surface area contributed by atoms with Crippen LogP contribution in [0.5, 0.6) is 0 Å². The van der Waals surface area contributed by atoms with Gasteiger partial charge in [-0.2, -0.15) is 12.6 Å². The molecular weight excluding hydrogens is 831 g/mol. The van der Waals surface area contributed by atoms with Crippen LogP contribution in [-0.2, 0) is 44.8 Å². The zero-order valence-electron chi connectivity index (χ0n) is 34.8. The molecule has 0 unspecified atom stereocenters. The van der Waals surface area contributed by atoms with Crippen LogP contribution >= 0.6 is 12.6 Å². The van der Waals surface area contributed by atoms with Gasteiger partial charge in [-0.25, -0.2) is 4.79 Å². The molecule has 1 fully saturated rings. The number of rotatable bonds is 24. The average molecular weight is 890 g/mol. The van der Waals surface area contributed by atoms with Gasteiger partial charge in [0, 0.05) is 42.4 Å². The minimum Gasteiger partial charge on any atom is -0.481 e. The number of hydrogen-bond acceptors (Lipinski definition) is 12. The number of likely N-dealkylation sites (tertiary alicyclic amines) is 1. The summed E-state index contributed by atoms with van der Waals surface area (Å²) in [6.07, 6.45) is 0.105. The number of benzene rings is 1. The maximum Gasteiger partial charge on any atom is 0.327 e. The zero-order chi connectivity index (χ0) is 46.3. The molecule has 0 aliphatic carbocycles. The molecule has 1 aromatic heterocycles. The van der Waals surface area contributed by atoms with E-state index in [0.29, 0.717) is 29.3 Å². The number of fused-ring (bicyclic) bond motifs is 1. The summed E-state index contributed by atoms with van der Waals surface area (Å²) in [7, 11) is 0. The summed E-state index contributed by atoms with van der Waals surface area (Å²) in [5.74, 6) is -8.89. The maximum absolute atomic E-state index is 14.2. The third kappa shape index (κ3) is 14.3. The Bertz CT molecular complexity index is 1960. The summed E-state index contributed by atoms with van der Waals surface area (Å²) in [6.45, 7) is 4.91. The standard InChI is InChI=1S/C39H59N11O11S/c1-4-19(2)30(40)36(58)45-24(11-7-13-43-39(41)42)32(54)46-25(15-21-17-44-23-10-6-5-9-22(21)23)33(55)47-26(16-29(52)53)34(56)49-31(20(3)51)37(59)50-14-8-12-28(50)35(57)48-27(18-62)38(60)61/h5-6,9-10,17,19-20,24-28,30-31,44,51,62H,4,7-8,11-16,18,40H2,1-3H3,(H,45,58)(H,46,54)(H,47,55)(H,48,57)(H,49,56)(H,52,53)(H,60,61)(H4,41,42,43)/t19-,20+,24-,25-,26-,27-,28-,30-,31-/m0/s1.